The van der Waals surface area contributed by atoms with Gasteiger partial charge in [0.15, 0.2) is 11.2 Å². The van der Waals surface area contributed by atoms with Crippen LogP contribution in [-0.4, -0.2) is 24.1 Å². The Hall–Kier alpha value is -2.86. The van der Waals surface area contributed by atoms with Crippen molar-refractivity contribution in [2.24, 2.45) is 0 Å². The van der Waals surface area contributed by atoms with E-state index in [0.717, 1.165) is 40.7 Å². The minimum atomic E-state index is -0.164. The van der Waals surface area contributed by atoms with Gasteiger partial charge in [-0.2, -0.15) is 0 Å². The largest absolute Gasteiger partial charge is 0.507 e. The molecule has 0 saturated heterocycles. The lowest BCUT2D eigenvalue weighted by Gasteiger charge is -2.16. The molecule has 0 aliphatic carbocycles. The van der Waals surface area contributed by atoms with Crippen molar-refractivity contribution in [1.82, 2.24) is 0 Å². The summed E-state index contributed by atoms with van der Waals surface area (Å²) >= 11 is 1.57. The molecule has 0 fully saturated rings. The van der Waals surface area contributed by atoms with Gasteiger partial charge in [-0.25, -0.2) is 0 Å². The summed E-state index contributed by atoms with van der Waals surface area (Å²) < 4.78 is 13.0. The molecule has 32 heavy (non-hydrogen) atoms. The van der Waals surface area contributed by atoms with Gasteiger partial charge in [-0.15, -0.1) is 11.3 Å². The fraction of sp³-hybridized carbons (Fsp3) is 0.385. The number of carbonyl (C=O) groups excluding carboxylic acids is 1. The molecule has 0 atom stereocenters. The van der Waals surface area contributed by atoms with Crippen molar-refractivity contribution in [2.75, 3.05) is 13.2 Å². The zero-order valence-electron chi connectivity index (χ0n) is 18.9. The molecule has 1 N–H and O–H groups in total. The van der Waals surface area contributed by atoms with Gasteiger partial charge < -0.3 is 14.6 Å². The number of phenolic OH excluding ortho intramolecular Hbond substituents is 1. The molecule has 2 aromatic carbocycles. The zero-order valence-corrected chi connectivity index (χ0v) is 19.7. The summed E-state index contributed by atoms with van der Waals surface area (Å²) in [6.07, 6.45) is 3.96. The van der Waals surface area contributed by atoms with E-state index in [2.05, 4.69) is 6.92 Å². The first-order valence-corrected chi connectivity index (χ1v) is 12.0. The molecule has 170 valence electrons. The van der Waals surface area contributed by atoms with Crippen molar-refractivity contribution in [3.63, 3.8) is 0 Å². The molecule has 0 spiro atoms. The van der Waals surface area contributed by atoms with E-state index in [1.54, 1.807) is 29.5 Å². The number of Topliss-reactive ketones (excluding diaryl/α,β-unsaturated/α-hetero) is 1. The molecule has 0 unspecified atom stereocenters. The van der Waals surface area contributed by atoms with Crippen LogP contribution in [-0.2, 0) is 12.8 Å². The van der Waals surface area contributed by atoms with E-state index in [1.165, 1.54) is 6.92 Å². The van der Waals surface area contributed by atoms with Gasteiger partial charge in [-0.3, -0.25) is 9.59 Å². The van der Waals surface area contributed by atoms with Crippen LogP contribution < -0.4 is 14.9 Å². The molecule has 5 nitrogen and oxygen atoms in total. The molecule has 0 aliphatic rings. The van der Waals surface area contributed by atoms with Gasteiger partial charge in [0.1, 0.15) is 17.2 Å². The van der Waals surface area contributed by atoms with Gasteiger partial charge in [0.05, 0.1) is 18.8 Å². The first-order chi connectivity index (χ1) is 15.5. The standard InChI is InChI=1S/C26H30O5S/c1-4-7-20-23(11-9-18(17(3)27)25(20)29)30-14-6-15-31-24-12-10-19-22(28)13-16-32-26(19)21(24)8-5-2/h9-13,16,29H,4-8,14-15H2,1-3H3. The minimum Gasteiger partial charge on any atom is -0.507 e. The highest BCUT2D eigenvalue weighted by atomic mass is 32.1. The second-order valence-corrected chi connectivity index (χ2v) is 8.66. The highest BCUT2D eigenvalue weighted by Crippen LogP contribution is 2.33. The maximum Gasteiger partial charge on any atom is 0.188 e. The van der Waals surface area contributed by atoms with E-state index in [9.17, 15) is 14.7 Å². The lowest BCUT2D eigenvalue weighted by atomic mass is 10.0. The third-order valence-corrected chi connectivity index (χ3v) is 6.29. The van der Waals surface area contributed by atoms with Crippen LogP contribution in [0.1, 0.15) is 61.5 Å². The molecule has 1 heterocycles. The normalized spacial score (nSPS) is 11.0. The second-order valence-electron chi connectivity index (χ2n) is 7.75. The smallest absolute Gasteiger partial charge is 0.188 e. The van der Waals surface area contributed by atoms with Crippen LogP contribution in [0.25, 0.3) is 10.1 Å². The lowest BCUT2D eigenvalue weighted by Crippen LogP contribution is -2.08. The number of ether oxygens (including phenoxy) is 2. The molecule has 0 saturated carbocycles. The Balaban J connectivity index is 1.66. The van der Waals surface area contributed by atoms with E-state index in [1.807, 2.05) is 24.4 Å². The van der Waals surface area contributed by atoms with Crippen LogP contribution in [0.3, 0.4) is 0 Å². The zero-order chi connectivity index (χ0) is 23.1. The van der Waals surface area contributed by atoms with Crippen LogP contribution in [0.4, 0.5) is 0 Å². The molecule has 0 bridgehead atoms. The molecular formula is C26H30O5S. The fourth-order valence-corrected chi connectivity index (χ4v) is 4.73. The summed E-state index contributed by atoms with van der Waals surface area (Å²) in [5, 5.41) is 13.0. The minimum absolute atomic E-state index is 0.0208. The highest BCUT2D eigenvalue weighted by Gasteiger charge is 2.16. The average molecular weight is 455 g/mol. The number of fused-ring (bicyclic) bond motifs is 1. The number of phenols is 1. The Morgan fingerprint density at radius 1 is 0.938 bits per heavy atom. The first kappa shape index (κ1) is 23.8. The van der Waals surface area contributed by atoms with E-state index in [-0.39, 0.29) is 17.0 Å². The van der Waals surface area contributed by atoms with Crippen LogP contribution in [0.15, 0.2) is 40.5 Å². The van der Waals surface area contributed by atoms with Gasteiger partial charge in [-0.1, -0.05) is 26.7 Å². The van der Waals surface area contributed by atoms with Crippen molar-refractivity contribution in [1.29, 1.82) is 0 Å². The summed E-state index contributed by atoms with van der Waals surface area (Å²) in [4.78, 5) is 23.9. The number of hydrogen-bond acceptors (Lipinski definition) is 6. The van der Waals surface area contributed by atoms with Crippen LogP contribution in [0, 0.1) is 0 Å². The SMILES string of the molecule is CCCc1c(OCCCOc2ccc3c(=O)ccsc3c2CCC)ccc(C(C)=O)c1O. The fourth-order valence-electron chi connectivity index (χ4n) is 3.77. The van der Waals surface area contributed by atoms with E-state index < -0.39 is 0 Å². The van der Waals surface area contributed by atoms with Crippen molar-refractivity contribution in [3.8, 4) is 17.2 Å². The van der Waals surface area contributed by atoms with Gasteiger partial charge in [0, 0.05) is 27.6 Å². The maximum absolute atomic E-state index is 12.1. The summed E-state index contributed by atoms with van der Waals surface area (Å²) in [5.41, 5.74) is 2.13. The van der Waals surface area contributed by atoms with Gasteiger partial charge in [0.25, 0.3) is 0 Å². The lowest BCUT2D eigenvalue weighted by molar-refractivity contribution is 0.101. The topological polar surface area (TPSA) is 72.8 Å². The number of aromatic hydroxyl groups is 1. The number of benzene rings is 2. The van der Waals surface area contributed by atoms with E-state index >= 15 is 0 Å². The van der Waals surface area contributed by atoms with E-state index in [4.69, 9.17) is 9.47 Å². The number of aryl methyl sites for hydroxylation is 1. The van der Waals surface area contributed by atoms with Crippen molar-refractivity contribution in [2.45, 2.75) is 52.9 Å². The molecule has 3 aromatic rings. The predicted octanol–water partition coefficient (Wildman–Crippen LogP) is 5.92. The Labute approximate surface area is 192 Å². The molecule has 6 heteroatoms. The van der Waals surface area contributed by atoms with Gasteiger partial charge >= 0.3 is 0 Å². The summed E-state index contributed by atoms with van der Waals surface area (Å²) in [6.45, 7) is 6.49. The third kappa shape index (κ3) is 5.30. The van der Waals surface area contributed by atoms with E-state index in [0.29, 0.717) is 42.9 Å². The summed E-state index contributed by atoms with van der Waals surface area (Å²) in [5.74, 6) is 1.28. The van der Waals surface area contributed by atoms with Crippen molar-refractivity contribution >= 4 is 27.2 Å². The second kappa shape index (κ2) is 11.1. The first-order valence-electron chi connectivity index (χ1n) is 11.1. The molecule has 1 aromatic heterocycles. The highest BCUT2D eigenvalue weighted by molar-refractivity contribution is 7.16. The number of ketones is 1. The quantitative estimate of drug-likeness (QED) is 0.287. The average Bonchev–Trinajstić information content (AvgIpc) is 2.77. The van der Waals surface area contributed by atoms with Crippen molar-refractivity contribution < 1.29 is 19.4 Å². The molecule has 0 radical (unpaired) electrons. The van der Waals surface area contributed by atoms with Gasteiger partial charge in [0.2, 0.25) is 0 Å². The summed E-state index contributed by atoms with van der Waals surface area (Å²) in [6, 6.07) is 8.71. The van der Waals surface area contributed by atoms with Crippen LogP contribution >= 0.6 is 11.3 Å². The maximum atomic E-state index is 12.1. The van der Waals surface area contributed by atoms with Crippen molar-refractivity contribution in [3.05, 3.63) is 62.6 Å². The molecule has 0 amide bonds. The predicted molar refractivity (Wildman–Crippen MR) is 130 cm³/mol. The Morgan fingerprint density at radius 2 is 1.56 bits per heavy atom. The number of hydrogen-bond donors (Lipinski definition) is 1. The molecular weight excluding hydrogens is 424 g/mol. The Kier molecular flexibility index (Phi) is 8.28. The monoisotopic (exact) mass is 454 g/mol. The van der Waals surface area contributed by atoms with Crippen LogP contribution in [0.5, 0.6) is 17.2 Å². The van der Waals surface area contributed by atoms with Gasteiger partial charge in [-0.05, 0) is 55.5 Å². The number of carbonyl (C=O) groups is 1. The summed E-state index contributed by atoms with van der Waals surface area (Å²) in [7, 11) is 0. The Bertz CT molecular complexity index is 1150. The van der Waals surface area contributed by atoms with Crippen LogP contribution in [0.2, 0.25) is 0 Å². The Morgan fingerprint density at radius 3 is 2.22 bits per heavy atom. The number of rotatable bonds is 11. The molecule has 3 rings (SSSR count). The molecule has 0 aliphatic heterocycles. The third-order valence-electron chi connectivity index (χ3n) is 5.31.